The second kappa shape index (κ2) is 7.07. The molecule has 0 saturated heterocycles. The molecule has 0 radical (unpaired) electrons. The fraction of sp³-hybridized carbons (Fsp3) is 0.500. The van der Waals surface area contributed by atoms with Gasteiger partial charge in [-0.2, -0.15) is 0 Å². The number of methoxy groups -OCH3 is 1. The molecule has 1 aromatic rings. The SMILES string of the molecule is COC[C@H](c1ccccc1)/[N+]([O-])=C/CC(C)C. The highest BCUT2D eigenvalue weighted by atomic mass is 16.5. The van der Waals surface area contributed by atoms with E-state index in [0.717, 1.165) is 16.7 Å². The normalized spacial score (nSPS) is 14.0. The molecule has 0 fully saturated rings. The quantitative estimate of drug-likeness (QED) is 0.329. The van der Waals surface area contributed by atoms with E-state index in [0.29, 0.717) is 12.5 Å². The smallest absolute Gasteiger partial charge is 0.211 e. The van der Waals surface area contributed by atoms with Gasteiger partial charge in [-0.15, -0.1) is 0 Å². The van der Waals surface area contributed by atoms with Crippen molar-refractivity contribution in [3.8, 4) is 0 Å². The van der Waals surface area contributed by atoms with E-state index >= 15 is 0 Å². The minimum absolute atomic E-state index is 0.250. The van der Waals surface area contributed by atoms with Crippen LogP contribution in [-0.2, 0) is 4.74 Å². The largest absolute Gasteiger partial charge is 0.624 e. The summed E-state index contributed by atoms with van der Waals surface area (Å²) in [5.74, 6) is 0.491. The zero-order chi connectivity index (χ0) is 12.7. The van der Waals surface area contributed by atoms with Gasteiger partial charge in [0.15, 0.2) is 6.21 Å². The molecule has 0 aliphatic rings. The fourth-order valence-corrected chi connectivity index (χ4v) is 1.59. The van der Waals surface area contributed by atoms with E-state index in [4.69, 9.17) is 4.74 Å². The first-order valence-electron chi connectivity index (χ1n) is 5.97. The molecule has 0 bridgehead atoms. The molecule has 0 aromatic heterocycles. The van der Waals surface area contributed by atoms with Crippen molar-refractivity contribution in [2.75, 3.05) is 13.7 Å². The van der Waals surface area contributed by atoms with Gasteiger partial charge in [0.1, 0.15) is 6.61 Å². The van der Waals surface area contributed by atoms with E-state index in [-0.39, 0.29) is 6.04 Å². The average Bonchev–Trinajstić information content (AvgIpc) is 2.34. The number of hydrogen-bond donors (Lipinski definition) is 0. The zero-order valence-electron chi connectivity index (χ0n) is 10.8. The Hall–Kier alpha value is -1.35. The van der Waals surface area contributed by atoms with Crippen molar-refractivity contribution >= 4 is 6.21 Å². The van der Waals surface area contributed by atoms with Gasteiger partial charge in [0, 0.05) is 19.1 Å². The molecule has 94 valence electrons. The van der Waals surface area contributed by atoms with Crippen LogP contribution >= 0.6 is 0 Å². The van der Waals surface area contributed by atoms with E-state index in [1.165, 1.54) is 0 Å². The van der Waals surface area contributed by atoms with Gasteiger partial charge in [-0.1, -0.05) is 44.2 Å². The summed E-state index contributed by atoms with van der Waals surface area (Å²) in [7, 11) is 1.62. The molecule has 3 heteroatoms. The molecule has 0 spiro atoms. The molecule has 0 aliphatic carbocycles. The molecule has 0 heterocycles. The second-order valence-electron chi connectivity index (χ2n) is 4.55. The van der Waals surface area contributed by atoms with E-state index in [1.54, 1.807) is 13.3 Å². The topological polar surface area (TPSA) is 35.3 Å². The van der Waals surface area contributed by atoms with Crippen LogP contribution in [0.4, 0.5) is 0 Å². The lowest BCUT2D eigenvalue weighted by atomic mass is 10.1. The summed E-state index contributed by atoms with van der Waals surface area (Å²) in [6, 6.07) is 9.48. The maximum absolute atomic E-state index is 12.0. The van der Waals surface area contributed by atoms with Gasteiger partial charge >= 0.3 is 0 Å². The Morgan fingerprint density at radius 2 is 1.94 bits per heavy atom. The van der Waals surface area contributed by atoms with Crippen LogP contribution in [0.2, 0.25) is 0 Å². The van der Waals surface area contributed by atoms with Gasteiger partial charge < -0.3 is 9.94 Å². The first-order chi connectivity index (χ1) is 8.15. The van der Waals surface area contributed by atoms with E-state index in [1.807, 2.05) is 30.3 Å². The monoisotopic (exact) mass is 235 g/mol. The van der Waals surface area contributed by atoms with Crippen LogP contribution in [0.5, 0.6) is 0 Å². The highest BCUT2D eigenvalue weighted by Gasteiger charge is 2.18. The van der Waals surface area contributed by atoms with Crippen molar-refractivity contribution in [3.05, 3.63) is 41.1 Å². The highest BCUT2D eigenvalue weighted by molar-refractivity contribution is 5.51. The Balaban J connectivity index is 2.82. The number of rotatable bonds is 6. The molecule has 1 atom stereocenters. The number of nitrogens with zero attached hydrogens (tertiary/aromatic N) is 1. The van der Waals surface area contributed by atoms with Gasteiger partial charge in [0.05, 0.1) is 0 Å². The summed E-state index contributed by atoms with van der Waals surface area (Å²) in [5.41, 5.74) is 0.990. The Morgan fingerprint density at radius 1 is 1.29 bits per heavy atom. The molecule has 3 nitrogen and oxygen atoms in total. The molecule has 0 aliphatic heterocycles. The average molecular weight is 235 g/mol. The van der Waals surface area contributed by atoms with Crippen molar-refractivity contribution in [3.63, 3.8) is 0 Å². The van der Waals surface area contributed by atoms with E-state index in [9.17, 15) is 5.21 Å². The van der Waals surface area contributed by atoms with Gasteiger partial charge in [-0.05, 0) is 5.92 Å². The van der Waals surface area contributed by atoms with Crippen molar-refractivity contribution in [2.45, 2.75) is 26.3 Å². The van der Waals surface area contributed by atoms with Gasteiger partial charge in [0.25, 0.3) is 0 Å². The minimum atomic E-state index is -0.250. The summed E-state index contributed by atoms with van der Waals surface area (Å²) in [5, 5.41) is 12.0. The third-order valence-corrected chi connectivity index (χ3v) is 2.57. The fourth-order valence-electron chi connectivity index (χ4n) is 1.59. The summed E-state index contributed by atoms with van der Waals surface area (Å²) in [4.78, 5) is 0. The molecule has 17 heavy (non-hydrogen) atoms. The van der Waals surface area contributed by atoms with Gasteiger partial charge in [-0.3, -0.25) is 0 Å². The van der Waals surface area contributed by atoms with Crippen LogP contribution in [0.25, 0.3) is 0 Å². The Morgan fingerprint density at radius 3 is 2.47 bits per heavy atom. The molecule has 0 amide bonds. The Labute approximate surface area is 103 Å². The van der Waals surface area contributed by atoms with E-state index < -0.39 is 0 Å². The predicted octanol–water partition coefficient (Wildman–Crippen LogP) is 3.00. The standard InChI is InChI=1S/C14H21NO2/c1-12(2)9-10-15(16)14(11-17-3)13-7-5-4-6-8-13/h4-8,10,12,14H,9,11H2,1-3H3/b15-10-/t14-/m1/s1. The molecular weight excluding hydrogens is 214 g/mol. The number of hydrogen-bond acceptors (Lipinski definition) is 2. The maximum Gasteiger partial charge on any atom is 0.211 e. The maximum atomic E-state index is 12.0. The van der Waals surface area contributed by atoms with Crippen LogP contribution in [0.1, 0.15) is 31.9 Å². The zero-order valence-corrected chi connectivity index (χ0v) is 10.8. The molecule has 0 unspecified atom stereocenters. The lowest BCUT2D eigenvalue weighted by Crippen LogP contribution is -2.19. The molecule has 1 rings (SSSR count). The van der Waals surface area contributed by atoms with Crippen molar-refractivity contribution < 1.29 is 9.48 Å². The summed E-state index contributed by atoms with van der Waals surface area (Å²) >= 11 is 0. The Bertz CT molecular complexity index is 346. The lowest BCUT2D eigenvalue weighted by Gasteiger charge is -2.17. The molecule has 0 saturated carbocycles. The first kappa shape index (κ1) is 13.7. The van der Waals surface area contributed by atoms with Gasteiger partial charge in [-0.25, -0.2) is 4.74 Å². The summed E-state index contributed by atoms with van der Waals surface area (Å²) in [6.45, 7) is 4.60. The number of hydroxylamine groups is 1. The van der Waals surface area contributed by atoms with Crippen LogP contribution < -0.4 is 0 Å². The highest BCUT2D eigenvalue weighted by Crippen LogP contribution is 2.16. The first-order valence-corrected chi connectivity index (χ1v) is 5.97. The van der Waals surface area contributed by atoms with E-state index in [2.05, 4.69) is 13.8 Å². The lowest BCUT2D eigenvalue weighted by molar-refractivity contribution is -0.509. The summed E-state index contributed by atoms with van der Waals surface area (Å²) in [6.07, 6.45) is 2.50. The third-order valence-electron chi connectivity index (χ3n) is 2.57. The molecule has 0 N–H and O–H groups in total. The minimum Gasteiger partial charge on any atom is -0.624 e. The van der Waals surface area contributed by atoms with Crippen LogP contribution in [0.3, 0.4) is 0 Å². The van der Waals surface area contributed by atoms with Crippen LogP contribution in [-0.4, -0.2) is 24.7 Å². The second-order valence-corrected chi connectivity index (χ2v) is 4.55. The van der Waals surface area contributed by atoms with Crippen LogP contribution in [0, 0.1) is 11.1 Å². The van der Waals surface area contributed by atoms with Gasteiger partial charge in [0.2, 0.25) is 6.04 Å². The van der Waals surface area contributed by atoms with Crippen molar-refractivity contribution in [1.29, 1.82) is 0 Å². The van der Waals surface area contributed by atoms with Crippen molar-refractivity contribution in [2.24, 2.45) is 5.92 Å². The number of benzene rings is 1. The Kier molecular flexibility index (Phi) is 5.70. The van der Waals surface area contributed by atoms with Crippen molar-refractivity contribution in [1.82, 2.24) is 0 Å². The summed E-state index contributed by atoms with van der Waals surface area (Å²) < 4.78 is 6.14. The third kappa shape index (κ3) is 4.57. The van der Waals surface area contributed by atoms with Crippen LogP contribution in [0.15, 0.2) is 30.3 Å². The number of ether oxygens (including phenoxy) is 1. The predicted molar refractivity (Wildman–Crippen MR) is 70.2 cm³/mol. The molecule has 1 aromatic carbocycles. The molecular formula is C14H21NO2.